The highest BCUT2D eigenvalue weighted by atomic mass is 16.2. The maximum absolute atomic E-state index is 12.4. The molecule has 2 aromatic rings. The lowest BCUT2D eigenvalue weighted by molar-refractivity contribution is 0.0932. The highest BCUT2D eigenvalue weighted by Gasteiger charge is 2.39. The van der Waals surface area contributed by atoms with Gasteiger partial charge in [0.25, 0.3) is 5.91 Å². The Hall–Kier alpha value is -2.22. The Labute approximate surface area is 146 Å². The molecule has 0 radical (unpaired) electrons. The molecular weight excluding hydrogens is 318 g/mol. The summed E-state index contributed by atoms with van der Waals surface area (Å²) in [7, 11) is 1.95. The lowest BCUT2D eigenvalue weighted by Crippen LogP contribution is -2.33. The van der Waals surface area contributed by atoms with Crippen molar-refractivity contribution in [1.29, 1.82) is 0 Å². The number of hydrogen-bond acceptors (Lipinski definition) is 5. The second-order valence-corrected chi connectivity index (χ2v) is 7.74. The maximum atomic E-state index is 12.4. The van der Waals surface area contributed by atoms with Gasteiger partial charge < -0.3 is 9.88 Å². The number of carbonyl (C=O) groups excluding carboxylic acids is 1. The van der Waals surface area contributed by atoms with Crippen LogP contribution in [0.25, 0.3) is 0 Å². The zero-order valence-electron chi connectivity index (χ0n) is 14.4. The van der Waals surface area contributed by atoms with Crippen LogP contribution in [0.5, 0.6) is 0 Å². The van der Waals surface area contributed by atoms with E-state index in [2.05, 4.69) is 31.7 Å². The molecule has 25 heavy (non-hydrogen) atoms. The van der Waals surface area contributed by atoms with Gasteiger partial charge in [-0.25, -0.2) is 0 Å². The molecule has 0 aromatic carbocycles. The second kappa shape index (κ2) is 5.66. The molecule has 2 fully saturated rings. The molecule has 2 atom stereocenters. The van der Waals surface area contributed by atoms with Crippen molar-refractivity contribution in [3.8, 4) is 0 Å². The van der Waals surface area contributed by atoms with Crippen LogP contribution < -0.4 is 5.32 Å². The fraction of sp³-hybridized carbons (Fsp3) is 0.647. The summed E-state index contributed by atoms with van der Waals surface area (Å²) in [5.41, 5.74) is 1.25. The lowest BCUT2D eigenvalue weighted by atomic mass is 9.89. The van der Waals surface area contributed by atoms with Crippen molar-refractivity contribution in [2.45, 2.75) is 38.4 Å². The molecule has 1 saturated heterocycles. The molecule has 2 aromatic heterocycles. The number of nitrogens with one attached hydrogen (secondary N) is 1. The number of aryl methyl sites for hydroxylation is 1. The van der Waals surface area contributed by atoms with E-state index in [1.54, 1.807) is 0 Å². The molecule has 2 aliphatic heterocycles. The van der Waals surface area contributed by atoms with Crippen molar-refractivity contribution in [2.75, 3.05) is 13.1 Å². The fourth-order valence-corrected chi connectivity index (χ4v) is 4.21. The largest absolute Gasteiger partial charge is 0.347 e. The summed E-state index contributed by atoms with van der Waals surface area (Å²) in [6.45, 7) is 3.93. The minimum absolute atomic E-state index is 0.0649. The van der Waals surface area contributed by atoms with Gasteiger partial charge in [0.2, 0.25) is 5.82 Å². The quantitative estimate of drug-likeness (QED) is 0.860. The molecule has 0 unspecified atom stereocenters. The molecule has 0 bridgehead atoms. The molecule has 3 aliphatic rings. The summed E-state index contributed by atoms with van der Waals surface area (Å²) in [6, 6.07) is 0.346. The Kier molecular flexibility index (Phi) is 3.41. The molecule has 8 heteroatoms. The Morgan fingerprint density at radius 1 is 1.24 bits per heavy atom. The van der Waals surface area contributed by atoms with E-state index in [0.29, 0.717) is 23.7 Å². The monoisotopic (exact) mass is 341 g/mol. The van der Waals surface area contributed by atoms with Gasteiger partial charge in [0.15, 0.2) is 0 Å². The summed E-state index contributed by atoms with van der Waals surface area (Å²) < 4.78 is 3.90. The van der Waals surface area contributed by atoms with Crippen molar-refractivity contribution in [3.63, 3.8) is 0 Å². The van der Waals surface area contributed by atoms with Crippen molar-refractivity contribution in [2.24, 2.45) is 18.9 Å². The molecule has 1 saturated carbocycles. The zero-order valence-corrected chi connectivity index (χ0v) is 14.4. The summed E-state index contributed by atoms with van der Waals surface area (Å²) in [6.07, 6.45) is 7.11. The van der Waals surface area contributed by atoms with E-state index in [1.807, 2.05) is 22.5 Å². The predicted molar refractivity (Wildman–Crippen MR) is 89.7 cm³/mol. The zero-order chi connectivity index (χ0) is 17.0. The van der Waals surface area contributed by atoms with Crippen LogP contribution in [0.3, 0.4) is 0 Å². The van der Waals surface area contributed by atoms with Crippen LogP contribution >= 0.6 is 0 Å². The topological polar surface area (TPSA) is 80.9 Å². The molecule has 5 rings (SSSR count). The number of aromatic nitrogens is 5. The maximum Gasteiger partial charge on any atom is 0.289 e. The van der Waals surface area contributed by atoms with Crippen LogP contribution in [0.1, 0.15) is 34.8 Å². The molecule has 1 amide bonds. The standard InChI is InChI=1S/C17H23N7O/c1-22-6-11(5-18-22)7-23-8-12-4-15-20-21-16(17(25)19-14-2-3-14)24(15)10-13(12)9-23/h5-6,12-14H,2-4,7-10H2,1H3,(H,19,25)/t12-,13+/m0/s1. The Bertz CT molecular complexity index is 806. The van der Waals surface area contributed by atoms with Crippen LogP contribution in [-0.2, 0) is 26.6 Å². The van der Waals surface area contributed by atoms with E-state index >= 15 is 0 Å². The third-order valence-electron chi connectivity index (χ3n) is 5.62. The third kappa shape index (κ3) is 2.84. The number of carbonyl (C=O) groups is 1. The van der Waals surface area contributed by atoms with E-state index < -0.39 is 0 Å². The SMILES string of the molecule is Cn1cc(CN2C[C@@H]3Cn4c(nnc4C(=O)NC4CC4)C[C@H]3C2)cn1. The average Bonchev–Trinajstić information content (AvgIpc) is 2.98. The molecule has 8 nitrogen and oxygen atoms in total. The number of amides is 1. The number of fused-ring (bicyclic) bond motifs is 2. The van der Waals surface area contributed by atoms with Gasteiger partial charge in [-0.2, -0.15) is 5.10 Å². The normalized spacial score (nSPS) is 25.6. The number of hydrogen-bond donors (Lipinski definition) is 1. The lowest BCUT2D eigenvalue weighted by Gasteiger charge is -2.25. The van der Waals surface area contributed by atoms with E-state index in [-0.39, 0.29) is 5.91 Å². The second-order valence-electron chi connectivity index (χ2n) is 7.74. The Morgan fingerprint density at radius 2 is 2.08 bits per heavy atom. The van der Waals surface area contributed by atoms with E-state index in [0.717, 1.165) is 51.3 Å². The Balaban J connectivity index is 1.28. The summed E-state index contributed by atoms with van der Waals surface area (Å²) >= 11 is 0. The summed E-state index contributed by atoms with van der Waals surface area (Å²) in [4.78, 5) is 14.9. The van der Waals surface area contributed by atoms with Crippen LogP contribution in [0, 0.1) is 11.8 Å². The van der Waals surface area contributed by atoms with Crippen LogP contribution in [0.2, 0.25) is 0 Å². The van der Waals surface area contributed by atoms with Gasteiger partial charge >= 0.3 is 0 Å². The average molecular weight is 341 g/mol. The third-order valence-corrected chi connectivity index (χ3v) is 5.62. The highest BCUT2D eigenvalue weighted by Crippen LogP contribution is 2.33. The van der Waals surface area contributed by atoms with E-state index in [9.17, 15) is 4.79 Å². The number of rotatable bonds is 4. The van der Waals surface area contributed by atoms with Crippen LogP contribution in [0.4, 0.5) is 0 Å². The van der Waals surface area contributed by atoms with Gasteiger partial charge in [0.1, 0.15) is 5.82 Å². The van der Waals surface area contributed by atoms with Gasteiger partial charge in [-0.1, -0.05) is 0 Å². The van der Waals surface area contributed by atoms with Gasteiger partial charge in [0.05, 0.1) is 6.20 Å². The van der Waals surface area contributed by atoms with Crippen molar-refractivity contribution < 1.29 is 4.79 Å². The first-order valence-corrected chi connectivity index (χ1v) is 9.08. The first-order valence-electron chi connectivity index (χ1n) is 9.08. The van der Waals surface area contributed by atoms with Gasteiger partial charge in [-0.15, -0.1) is 10.2 Å². The van der Waals surface area contributed by atoms with Gasteiger partial charge in [-0.05, 0) is 24.7 Å². The number of nitrogens with zero attached hydrogens (tertiary/aromatic N) is 6. The van der Waals surface area contributed by atoms with Gasteiger partial charge in [0, 0.05) is 57.4 Å². The first kappa shape index (κ1) is 15.1. The van der Waals surface area contributed by atoms with Crippen LogP contribution in [-0.4, -0.2) is 54.5 Å². The molecule has 4 heterocycles. The number of likely N-dealkylation sites (tertiary alicyclic amines) is 1. The minimum Gasteiger partial charge on any atom is -0.347 e. The van der Waals surface area contributed by atoms with E-state index in [1.165, 1.54) is 5.56 Å². The first-order chi connectivity index (χ1) is 12.2. The minimum atomic E-state index is -0.0649. The van der Waals surface area contributed by atoms with E-state index in [4.69, 9.17) is 0 Å². The summed E-state index contributed by atoms with van der Waals surface area (Å²) in [5.74, 6) is 2.56. The van der Waals surface area contributed by atoms with Gasteiger partial charge in [-0.3, -0.25) is 14.4 Å². The van der Waals surface area contributed by atoms with Crippen molar-refractivity contribution >= 4 is 5.91 Å². The fourth-order valence-electron chi connectivity index (χ4n) is 4.21. The van der Waals surface area contributed by atoms with Crippen molar-refractivity contribution in [3.05, 3.63) is 29.6 Å². The molecule has 132 valence electrons. The highest BCUT2D eigenvalue weighted by molar-refractivity contribution is 5.91. The predicted octanol–water partition coefficient (Wildman–Crippen LogP) is 0.208. The van der Waals surface area contributed by atoms with Crippen LogP contribution in [0.15, 0.2) is 12.4 Å². The molecule has 1 aliphatic carbocycles. The molecule has 0 spiro atoms. The summed E-state index contributed by atoms with van der Waals surface area (Å²) in [5, 5.41) is 15.8. The molecule has 1 N–H and O–H groups in total. The smallest absolute Gasteiger partial charge is 0.289 e. The molecular formula is C17H23N7O. The van der Waals surface area contributed by atoms with Crippen molar-refractivity contribution in [1.82, 2.24) is 34.8 Å². The Morgan fingerprint density at radius 3 is 2.84 bits per heavy atom.